The van der Waals surface area contributed by atoms with E-state index in [0.29, 0.717) is 0 Å². The van der Waals surface area contributed by atoms with Crippen LogP contribution in [0.3, 0.4) is 0 Å². The Morgan fingerprint density at radius 1 is 1.31 bits per heavy atom. The topological polar surface area (TPSA) is 46.6 Å². The lowest BCUT2D eigenvalue weighted by atomic mass is 10.2. The van der Waals surface area contributed by atoms with E-state index >= 15 is 0 Å². The summed E-state index contributed by atoms with van der Waals surface area (Å²) in [6, 6.07) is 0. The molecule has 0 bridgehead atoms. The Bertz CT molecular complexity index is 308. The minimum Gasteiger partial charge on any atom is -0.462 e. The van der Waals surface area contributed by atoms with Gasteiger partial charge in [-0.15, -0.1) is 0 Å². The van der Waals surface area contributed by atoms with Gasteiger partial charge in [0.25, 0.3) is 3.79 Å². The smallest absolute Gasteiger partial charge is 0.343 e. The van der Waals surface area contributed by atoms with Gasteiger partial charge >= 0.3 is 5.97 Å². The number of hydrogen-bond acceptors (Lipinski definition) is 4. The second kappa shape index (κ2) is 6.33. The molecule has 4 nitrogen and oxygen atoms in total. The van der Waals surface area contributed by atoms with Crippen LogP contribution in [0.1, 0.15) is 6.92 Å². The summed E-state index contributed by atoms with van der Waals surface area (Å²) in [6.45, 7) is 1.75. The SMILES string of the molecule is CCOC(=O)C(=CN(C)C)C(=O)C(Cl)(Cl)Cl. The first-order valence-electron chi connectivity index (χ1n) is 4.37. The zero-order valence-electron chi connectivity index (χ0n) is 9.09. The van der Waals surface area contributed by atoms with E-state index in [0.717, 1.165) is 0 Å². The second-order valence-electron chi connectivity index (χ2n) is 3.05. The average molecular weight is 289 g/mol. The fraction of sp³-hybridized carbons (Fsp3) is 0.556. The number of hydrogen-bond donors (Lipinski definition) is 0. The molecule has 0 aliphatic carbocycles. The summed E-state index contributed by atoms with van der Waals surface area (Å²) in [6.07, 6.45) is 1.25. The van der Waals surface area contributed by atoms with Crippen LogP contribution in [0.15, 0.2) is 11.8 Å². The molecule has 0 atom stereocenters. The van der Waals surface area contributed by atoms with Gasteiger partial charge in [0.2, 0.25) is 5.78 Å². The number of ketones is 1. The van der Waals surface area contributed by atoms with Crippen molar-refractivity contribution < 1.29 is 14.3 Å². The Kier molecular flexibility index (Phi) is 6.15. The van der Waals surface area contributed by atoms with Crippen LogP contribution in [0.4, 0.5) is 0 Å². The highest BCUT2D eigenvalue weighted by Gasteiger charge is 2.37. The fourth-order valence-corrected chi connectivity index (χ4v) is 1.13. The highest BCUT2D eigenvalue weighted by Crippen LogP contribution is 2.30. The van der Waals surface area contributed by atoms with Gasteiger partial charge in [-0.2, -0.15) is 0 Å². The van der Waals surface area contributed by atoms with Gasteiger partial charge in [0, 0.05) is 20.3 Å². The maximum Gasteiger partial charge on any atom is 0.343 e. The number of nitrogens with zero attached hydrogens (tertiary/aromatic N) is 1. The first-order valence-corrected chi connectivity index (χ1v) is 5.50. The molecule has 0 amide bonds. The molecule has 0 unspecified atom stereocenters. The van der Waals surface area contributed by atoms with Crippen LogP contribution in [0.5, 0.6) is 0 Å². The van der Waals surface area contributed by atoms with Gasteiger partial charge in [-0.1, -0.05) is 34.8 Å². The summed E-state index contributed by atoms with van der Waals surface area (Å²) < 4.78 is 2.52. The molecule has 7 heteroatoms. The van der Waals surface area contributed by atoms with Crippen LogP contribution in [0.25, 0.3) is 0 Å². The van der Waals surface area contributed by atoms with E-state index in [4.69, 9.17) is 39.5 Å². The maximum atomic E-state index is 11.6. The summed E-state index contributed by atoms with van der Waals surface area (Å²) >= 11 is 16.3. The summed E-state index contributed by atoms with van der Waals surface area (Å²) in [4.78, 5) is 24.6. The quantitative estimate of drug-likeness (QED) is 0.261. The molecule has 16 heavy (non-hydrogen) atoms. The summed E-state index contributed by atoms with van der Waals surface area (Å²) in [5.74, 6) is -1.72. The molecule has 0 aromatic heterocycles. The molecule has 0 N–H and O–H groups in total. The summed E-state index contributed by atoms with van der Waals surface area (Å²) in [5, 5.41) is 0. The van der Waals surface area contributed by atoms with E-state index in [1.165, 1.54) is 11.1 Å². The molecule has 0 radical (unpaired) electrons. The number of Topliss-reactive ketones (excluding diaryl/α,β-unsaturated/α-hetero) is 1. The number of carbonyl (C=O) groups excluding carboxylic acids is 2. The lowest BCUT2D eigenvalue weighted by molar-refractivity contribution is -0.140. The van der Waals surface area contributed by atoms with E-state index in [9.17, 15) is 9.59 Å². The molecular formula is C9H12Cl3NO3. The van der Waals surface area contributed by atoms with Crippen LogP contribution in [0.2, 0.25) is 0 Å². The van der Waals surface area contributed by atoms with Gasteiger partial charge in [0.05, 0.1) is 6.61 Å². The molecule has 0 fully saturated rings. The van der Waals surface area contributed by atoms with Gasteiger partial charge < -0.3 is 9.64 Å². The standard InChI is InChI=1S/C9H12Cl3NO3/c1-4-16-8(15)6(5-13(2)3)7(14)9(10,11)12/h5H,4H2,1-3H3. The second-order valence-corrected chi connectivity index (χ2v) is 5.33. The van der Waals surface area contributed by atoms with Gasteiger partial charge in [0.1, 0.15) is 5.57 Å². The van der Waals surface area contributed by atoms with E-state index in [-0.39, 0.29) is 12.2 Å². The maximum absolute atomic E-state index is 11.6. The molecule has 92 valence electrons. The fourth-order valence-electron chi connectivity index (χ4n) is 0.824. The van der Waals surface area contributed by atoms with Gasteiger partial charge in [0.15, 0.2) is 0 Å². The number of alkyl halides is 3. The van der Waals surface area contributed by atoms with Crippen molar-refractivity contribution in [3.63, 3.8) is 0 Å². The predicted molar refractivity (Wildman–Crippen MR) is 63.7 cm³/mol. The lowest BCUT2D eigenvalue weighted by Gasteiger charge is -2.14. The van der Waals surface area contributed by atoms with Crippen molar-refractivity contribution in [3.8, 4) is 0 Å². The van der Waals surface area contributed by atoms with Crippen LogP contribution < -0.4 is 0 Å². The first kappa shape index (κ1) is 15.6. The van der Waals surface area contributed by atoms with E-state index in [1.54, 1.807) is 21.0 Å². The van der Waals surface area contributed by atoms with Crippen LogP contribution in [0, 0.1) is 0 Å². The van der Waals surface area contributed by atoms with Crippen molar-refractivity contribution in [3.05, 3.63) is 11.8 Å². The van der Waals surface area contributed by atoms with Gasteiger partial charge in [-0.3, -0.25) is 4.79 Å². The minimum absolute atomic E-state index is 0.136. The molecule has 0 aliphatic heterocycles. The Labute approximate surface area is 109 Å². The van der Waals surface area contributed by atoms with Gasteiger partial charge in [-0.05, 0) is 6.92 Å². The van der Waals surface area contributed by atoms with Crippen molar-refractivity contribution in [2.24, 2.45) is 0 Å². The number of esters is 1. The molecule has 0 rings (SSSR count). The average Bonchev–Trinajstić information content (AvgIpc) is 2.11. The predicted octanol–water partition coefficient (Wildman–Crippen LogP) is 1.93. The van der Waals surface area contributed by atoms with Crippen molar-refractivity contribution in [2.45, 2.75) is 10.7 Å². The first-order chi connectivity index (χ1) is 7.20. The van der Waals surface area contributed by atoms with Crippen LogP contribution in [-0.2, 0) is 14.3 Å². The Balaban J connectivity index is 5.12. The van der Waals surface area contributed by atoms with Crippen LogP contribution >= 0.6 is 34.8 Å². The molecule has 0 saturated carbocycles. The number of ether oxygens (including phenoxy) is 1. The van der Waals surface area contributed by atoms with Crippen molar-refractivity contribution in [1.82, 2.24) is 4.90 Å². The monoisotopic (exact) mass is 287 g/mol. The third-order valence-electron chi connectivity index (χ3n) is 1.38. The summed E-state index contributed by atoms with van der Waals surface area (Å²) in [5.41, 5.74) is -0.299. The molecule has 0 aliphatic rings. The highest BCUT2D eigenvalue weighted by atomic mass is 35.6. The Morgan fingerprint density at radius 3 is 2.12 bits per heavy atom. The lowest BCUT2D eigenvalue weighted by Crippen LogP contribution is -2.28. The van der Waals surface area contributed by atoms with Crippen molar-refractivity contribution in [1.29, 1.82) is 0 Å². The van der Waals surface area contributed by atoms with E-state index < -0.39 is 15.5 Å². The summed E-state index contributed by atoms with van der Waals surface area (Å²) in [7, 11) is 3.26. The largest absolute Gasteiger partial charge is 0.462 e. The number of rotatable bonds is 4. The number of carbonyl (C=O) groups is 2. The number of halogens is 3. The zero-order chi connectivity index (χ0) is 12.9. The van der Waals surface area contributed by atoms with Crippen molar-refractivity contribution in [2.75, 3.05) is 20.7 Å². The Hall–Kier alpha value is -0.450. The Morgan fingerprint density at radius 2 is 1.81 bits per heavy atom. The van der Waals surface area contributed by atoms with Crippen LogP contribution in [-0.4, -0.2) is 41.1 Å². The molecule has 0 aromatic rings. The molecule has 0 heterocycles. The molecule has 0 spiro atoms. The molecule has 0 saturated heterocycles. The molecule has 0 aromatic carbocycles. The van der Waals surface area contributed by atoms with Gasteiger partial charge in [-0.25, -0.2) is 4.79 Å². The van der Waals surface area contributed by atoms with Crippen molar-refractivity contribution >= 4 is 46.6 Å². The third kappa shape index (κ3) is 5.05. The minimum atomic E-state index is -2.17. The zero-order valence-corrected chi connectivity index (χ0v) is 11.4. The molecular weight excluding hydrogens is 276 g/mol. The van der Waals surface area contributed by atoms with E-state index in [1.807, 2.05) is 0 Å². The normalized spacial score (nSPS) is 12.2. The third-order valence-corrected chi connectivity index (χ3v) is 1.90. The van der Waals surface area contributed by atoms with E-state index in [2.05, 4.69) is 0 Å². The highest BCUT2D eigenvalue weighted by molar-refractivity contribution is 6.78.